The van der Waals surface area contributed by atoms with Gasteiger partial charge in [-0.3, -0.25) is 9.89 Å². The van der Waals surface area contributed by atoms with Crippen LogP contribution in [0.15, 0.2) is 18.2 Å². The number of aromatic amines is 1. The summed E-state index contributed by atoms with van der Waals surface area (Å²) in [6.07, 6.45) is 0.401. The van der Waals surface area contributed by atoms with E-state index in [1.54, 1.807) is 0 Å². The molecule has 5 nitrogen and oxygen atoms in total. The summed E-state index contributed by atoms with van der Waals surface area (Å²) < 4.78 is 32.4. The first-order valence-corrected chi connectivity index (χ1v) is 7.40. The van der Waals surface area contributed by atoms with Crippen molar-refractivity contribution in [1.82, 2.24) is 15.5 Å². The number of carbonyl (C=O) groups is 1. The number of benzene rings is 1. The van der Waals surface area contributed by atoms with Crippen molar-refractivity contribution in [3.05, 3.63) is 52.3 Å². The van der Waals surface area contributed by atoms with E-state index in [9.17, 15) is 13.6 Å². The van der Waals surface area contributed by atoms with Crippen LogP contribution in [0.25, 0.3) is 0 Å². The highest BCUT2D eigenvalue weighted by molar-refractivity contribution is 5.94. The summed E-state index contributed by atoms with van der Waals surface area (Å²) in [5.41, 5.74) is 1.96. The van der Waals surface area contributed by atoms with Crippen LogP contribution in [0.4, 0.5) is 8.78 Å². The average molecular weight is 321 g/mol. The third-order valence-corrected chi connectivity index (χ3v) is 3.90. The second-order valence-electron chi connectivity index (χ2n) is 5.68. The van der Waals surface area contributed by atoms with Gasteiger partial charge in [0.1, 0.15) is 11.6 Å². The predicted octanol–water partition coefficient (Wildman–Crippen LogP) is 2.64. The Morgan fingerprint density at radius 1 is 1.43 bits per heavy atom. The number of amides is 1. The molecule has 0 saturated carbocycles. The first-order valence-electron chi connectivity index (χ1n) is 7.40. The number of hydrogen-bond acceptors (Lipinski definition) is 3. The Hall–Kier alpha value is -2.28. The Morgan fingerprint density at radius 3 is 3.00 bits per heavy atom. The van der Waals surface area contributed by atoms with E-state index in [2.05, 4.69) is 15.5 Å². The molecule has 0 aliphatic carbocycles. The molecule has 122 valence electrons. The lowest BCUT2D eigenvalue weighted by Gasteiger charge is -2.25. The molecule has 1 aliphatic rings. The lowest BCUT2D eigenvalue weighted by atomic mass is 9.99. The summed E-state index contributed by atoms with van der Waals surface area (Å²) in [5.74, 6) is -1.54. The highest BCUT2D eigenvalue weighted by Crippen LogP contribution is 2.30. The van der Waals surface area contributed by atoms with E-state index in [4.69, 9.17) is 4.74 Å². The molecule has 2 aromatic rings. The highest BCUT2D eigenvalue weighted by atomic mass is 19.1. The molecule has 1 amide bonds. The minimum Gasteiger partial charge on any atom is -0.369 e. The van der Waals surface area contributed by atoms with Gasteiger partial charge in [-0.25, -0.2) is 8.78 Å². The van der Waals surface area contributed by atoms with Crippen molar-refractivity contribution in [3.8, 4) is 0 Å². The standard InChI is InChI=1S/C16H17F2N3O2/c1-8-5-12-14(9(2)23-8)20-21-15(12)16(22)19-7-10-6-11(17)3-4-13(10)18/h3-4,6,8-9H,5,7H2,1-2H3,(H,19,22)(H,20,21)/t8-,9+/m1/s1. The summed E-state index contributed by atoms with van der Waals surface area (Å²) in [7, 11) is 0. The van der Waals surface area contributed by atoms with Gasteiger partial charge in [0, 0.05) is 24.1 Å². The molecule has 7 heteroatoms. The minimum absolute atomic E-state index is 0.0117. The van der Waals surface area contributed by atoms with Crippen LogP contribution in [0.5, 0.6) is 0 Å². The van der Waals surface area contributed by atoms with Gasteiger partial charge in [-0.1, -0.05) is 0 Å². The van der Waals surface area contributed by atoms with Gasteiger partial charge in [0.25, 0.3) is 5.91 Å². The maximum absolute atomic E-state index is 13.6. The van der Waals surface area contributed by atoms with Gasteiger partial charge in [-0.05, 0) is 32.0 Å². The van der Waals surface area contributed by atoms with E-state index < -0.39 is 17.5 Å². The van der Waals surface area contributed by atoms with Crippen LogP contribution in [0, 0.1) is 11.6 Å². The fraction of sp³-hybridized carbons (Fsp3) is 0.375. The molecule has 0 unspecified atom stereocenters. The van der Waals surface area contributed by atoms with Crippen molar-refractivity contribution in [2.45, 2.75) is 39.0 Å². The van der Waals surface area contributed by atoms with Gasteiger partial charge in [0.05, 0.1) is 17.9 Å². The smallest absolute Gasteiger partial charge is 0.272 e. The quantitative estimate of drug-likeness (QED) is 0.913. The van der Waals surface area contributed by atoms with E-state index >= 15 is 0 Å². The molecular formula is C16H17F2N3O2. The Labute approximate surface area is 132 Å². The summed E-state index contributed by atoms with van der Waals surface area (Å²) in [6, 6.07) is 3.13. The molecule has 1 aromatic heterocycles. The van der Waals surface area contributed by atoms with Crippen LogP contribution in [0.2, 0.25) is 0 Å². The fourth-order valence-corrected chi connectivity index (χ4v) is 2.80. The fourth-order valence-electron chi connectivity index (χ4n) is 2.80. The third-order valence-electron chi connectivity index (χ3n) is 3.90. The maximum atomic E-state index is 13.6. The van der Waals surface area contributed by atoms with E-state index in [0.29, 0.717) is 6.42 Å². The second-order valence-corrected chi connectivity index (χ2v) is 5.68. The van der Waals surface area contributed by atoms with Crippen molar-refractivity contribution < 1.29 is 18.3 Å². The number of halogens is 2. The highest BCUT2D eigenvalue weighted by Gasteiger charge is 2.29. The molecule has 1 aromatic carbocycles. The minimum atomic E-state index is -0.564. The topological polar surface area (TPSA) is 67.0 Å². The molecule has 2 atom stereocenters. The summed E-state index contributed by atoms with van der Waals surface area (Å²) >= 11 is 0. The van der Waals surface area contributed by atoms with Crippen LogP contribution >= 0.6 is 0 Å². The molecule has 0 radical (unpaired) electrons. The Balaban J connectivity index is 1.76. The monoisotopic (exact) mass is 321 g/mol. The van der Waals surface area contributed by atoms with Crippen molar-refractivity contribution in [3.63, 3.8) is 0 Å². The first kappa shape index (κ1) is 15.6. The van der Waals surface area contributed by atoms with E-state index in [1.807, 2.05) is 13.8 Å². The molecule has 0 bridgehead atoms. The molecule has 1 aliphatic heterocycles. The maximum Gasteiger partial charge on any atom is 0.272 e. The number of hydrogen-bond donors (Lipinski definition) is 2. The zero-order valence-corrected chi connectivity index (χ0v) is 12.8. The SMILES string of the molecule is C[C@@H]1Cc2c(C(=O)NCc3cc(F)ccc3F)n[nH]c2[C@H](C)O1. The molecular weight excluding hydrogens is 304 g/mol. The largest absolute Gasteiger partial charge is 0.369 e. The average Bonchev–Trinajstić information content (AvgIpc) is 2.92. The van der Waals surface area contributed by atoms with Gasteiger partial charge >= 0.3 is 0 Å². The predicted molar refractivity (Wildman–Crippen MR) is 78.8 cm³/mol. The van der Waals surface area contributed by atoms with E-state index in [1.165, 1.54) is 0 Å². The molecule has 2 heterocycles. The van der Waals surface area contributed by atoms with Crippen molar-refractivity contribution >= 4 is 5.91 Å². The van der Waals surface area contributed by atoms with Crippen molar-refractivity contribution in [1.29, 1.82) is 0 Å². The lowest BCUT2D eigenvalue weighted by molar-refractivity contribution is -0.00697. The van der Waals surface area contributed by atoms with Crippen molar-refractivity contribution in [2.24, 2.45) is 0 Å². The van der Waals surface area contributed by atoms with Crippen LogP contribution < -0.4 is 5.32 Å². The number of aromatic nitrogens is 2. The summed E-state index contributed by atoms with van der Waals surface area (Å²) in [6.45, 7) is 3.71. The Morgan fingerprint density at radius 2 is 2.22 bits per heavy atom. The molecule has 0 fully saturated rings. The number of ether oxygens (including phenoxy) is 1. The van der Waals surface area contributed by atoms with Gasteiger partial charge in [0.2, 0.25) is 0 Å². The first-order chi connectivity index (χ1) is 11.0. The van der Waals surface area contributed by atoms with Gasteiger partial charge in [0.15, 0.2) is 5.69 Å². The molecule has 0 saturated heterocycles. The molecule has 23 heavy (non-hydrogen) atoms. The van der Waals surface area contributed by atoms with E-state index in [-0.39, 0.29) is 30.0 Å². The van der Waals surface area contributed by atoms with Crippen LogP contribution in [-0.2, 0) is 17.7 Å². The number of nitrogens with zero attached hydrogens (tertiary/aromatic N) is 1. The van der Waals surface area contributed by atoms with Crippen LogP contribution in [0.3, 0.4) is 0 Å². The third kappa shape index (κ3) is 3.10. The zero-order chi connectivity index (χ0) is 16.6. The van der Waals surface area contributed by atoms with Gasteiger partial charge in [-0.15, -0.1) is 0 Å². The summed E-state index contributed by atoms with van der Waals surface area (Å²) in [5, 5.41) is 9.46. The number of fused-ring (bicyclic) bond motifs is 1. The van der Waals surface area contributed by atoms with Crippen LogP contribution in [-0.4, -0.2) is 22.2 Å². The zero-order valence-electron chi connectivity index (χ0n) is 12.8. The number of H-pyrrole nitrogens is 1. The molecule has 3 rings (SSSR count). The van der Waals surface area contributed by atoms with Gasteiger partial charge in [-0.2, -0.15) is 5.10 Å². The number of carbonyl (C=O) groups excluding carboxylic acids is 1. The normalized spacial score (nSPS) is 20.2. The lowest BCUT2D eigenvalue weighted by Crippen LogP contribution is -2.27. The Kier molecular flexibility index (Phi) is 4.12. The van der Waals surface area contributed by atoms with Gasteiger partial charge < -0.3 is 10.1 Å². The summed E-state index contributed by atoms with van der Waals surface area (Å²) in [4.78, 5) is 12.3. The second kappa shape index (κ2) is 6.08. The Bertz CT molecular complexity index is 745. The molecule has 0 spiro atoms. The van der Waals surface area contributed by atoms with Crippen molar-refractivity contribution in [2.75, 3.05) is 0 Å². The van der Waals surface area contributed by atoms with E-state index in [0.717, 1.165) is 29.5 Å². The number of rotatable bonds is 3. The van der Waals surface area contributed by atoms with Crippen LogP contribution in [0.1, 0.15) is 47.3 Å². The molecule has 2 N–H and O–H groups in total. The number of nitrogens with one attached hydrogen (secondary N) is 2.